The Hall–Kier alpha value is -1.64. The van der Waals surface area contributed by atoms with Gasteiger partial charge in [0.25, 0.3) is 0 Å². The zero-order valence-electron chi connectivity index (χ0n) is 10.8. The number of ketones is 1. The first-order valence-corrected chi connectivity index (χ1v) is 5.92. The van der Waals surface area contributed by atoms with Crippen LogP contribution >= 0.6 is 0 Å². The van der Waals surface area contributed by atoms with E-state index in [-0.39, 0.29) is 5.78 Å². The molecule has 0 aliphatic rings. The van der Waals surface area contributed by atoms with Gasteiger partial charge in [-0.1, -0.05) is 13.8 Å². The molecule has 17 heavy (non-hydrogen) atoms. The Kier molecular flexibility index (Phi) is 5.40. The van der Waals surface area contributed by atoms with Crippen molar-refractivity contribution in [2.24, 2.45) is 5.92 Å². The highest BCUT2D eigenvalue weighted by Gasteiger charge is 2.01. The Morgan fingerprint density at radius 3 is 2.88 bits per heavy atom. The molecule has 1 aromatic rings. The lowest BCUT2D eigenvalue weighted by atomic mass is 10.1. The molecule has 0 fully saturated rings. The number of rotatable bonds is 6. The van der Waals surface area contributed by atoms with E-state index in [1.807, 2.05) is 18.1 Å². The zero-order valence-corrected chi connectivity index (χ0v) is 10.8. The molecule has 0 aliphatic heterocycles. The van der Waals surface area contributed by atoms with Crippen LogP contribution in [0.5, 0.6) is 0 Å². The number of pyridine rings is 1. The smallest absolute Gasteiger partial charge is 0.188 e. The molecule has 3 nitrogen and oxygen atoms in total. The highest BCUT2D eigenvalue weighted by molar-refractivity contribution is 6.04. The number of hydrogen-bond acceptors (Lipinski definition) is 3. The van der Waals surface area contributed by atoms with Crippen molar-refractivity contribution in [3.8, 4) is 0 Å². The topological polar surface area (TPSA) is 33.2 Å². The minimum Gasteiger partial charge on any atom is -0.380 e. The SMILES string of the molecule is CC(C)CCN(C)/C=C/C(=O)c1cccnc1. The quantitative estimate of drug-likeness (QED) is 0.558. The van der Waals surface area contributed by atoms with Gasteiger partial charge in [0.15, 0.2) is 5.78 Å². The zero-order chi connectivity index (χ0) is 12.7. The van der Waals surface area contributed by atoms with Gasteiger partial charge in [0.05, 0.1) is 0 Å². The molecule has 0 amide bonds. The molecule has 0 unspecified atom stereocenters. The second-order valence-electron chi connectivity index (χ2n) is 4.58. The van der Waals surface area contributed by atoms with Gasteiger partial charge >= 0.3 is 0 Å². The summed E-state index contributed by atoms with van der Waals surface area (Å²) in [4.78, 5) is 17.7. The van der Waals surface area contributed by atoms with Gasteiger partial charge in [0, 0.05) is 43.8 Å². The third-order valence-electron chi connectivity index (χ3n) is 2.49. The Bertz CT molecular complexity index is 371. The van der Waals surface area contributed by atoms with Crippen molar-refractivity contribution in [3.05, 3.63) is 42.4 Å². The molecule has 0 saturated heterocycles. The third kappa shape index (κ3) is 5.29. The number of hydrogen-bond donors (Lipinski definition) is 0. The Morgan fingerprint density at radius 2 is 2.29 bits per heavy atom. The summed E-state index contributed by atoms with van der Waals surface area (Å²) in [5.74, 6) is 0.675. The van der Waals surface area contributed by atoms with Crippen LogP contribution in [0.1, 0.15) is 30.6 Å². The van der Waals surface area contributed by atoms with Crippen LogP contribution < -0.4 is 0 Å². The van der Waals surface area contributed by atoms with E-state index in [0.717, 1.165) is 13.0 Å². The summed E-state index contributed by atoms with van der Waals surface area (Å²) in [6.07, 6.45) is 7.80. The highest BCUT2D eigenvalue weighted by Crippen LogP contribution is 2.02. The average Bonchev–Trinajstić information content (AvgIpc) is 2.34. The van der Waals surface area contributed by atoms with E-state index in [9.17, 15) is 4.79 Å². The third-order valence-corrected chi connectivity index (χ3v) is 2.49. The predicted octanol–water partition coefficient (Wildman–Crippen LogP) is 2.76. The second-order valence-corrected chi connectivity index (χ2v) is 4.58. The first kappa shape index (κ1) is 13.4. The van der Waals surface area contributed by atoms with Gasteiger partial charge in [-0.2, -0.15) is 0 Å². The van der Waals surface area contributed by atoms with E-state index < -0.39 is 0 Å². The number of carbonyl (C=O) groups is 1. The standard InChI is InChI=1S/C14H20N2O/c1-12(2)6-9-16(3)10-7-14(17)13-5-4-8-15-11-13/h4-5,7-8,10-12H,6,9H2,1-3H3/b10-7+. The summed E-state index contributed by atoms with van der Waals surface area (Å²) >= 11 is 0. The van der Waals surface area contributed by atoms with Gasteiger partial charge in [0.1, 0.15) is 0 Å². The molecule has 0 bridgehead atoms. The lowest BCUT2D eigenvalue weighted by Gasteiger charge is -2.14. The second kappa shape index (κ2) is 6.84. The summed E-state index contributed by atoms with van der Waals surface area (Å²) < 4.78 is 0. The number of allylic oxidation sites excluding steroid dienone is 1. The molecule has 0 atom stereocenters. The van der Waals surface area contributed by atoms with Crippen LogP contribution in [0, 0.1) is 5.92 Å². The molecule has 0 saturated carbocycles. The summed E-state index contributed by atoms with van der Waals surface area (Å²) in [6, 6.07) is 3.54. The fourth-order valence-electron chi connectivity index (χ4n) is 1.34. The van der Waals surface area contributed by atoms with Crippen LogP contribution in [-0.2, 0) is 0 Å². The normalized spacial score (nSPS) is 11.1. The first-order valence-electron chi connectivity index (χ1n) is 5.92. The summed E-state index contributed by atoms with van der Waals surface area (Å²) in [6.45, 7) is 5.35. The molecule has 0 N–H and O–H groups in total. The van der Waals surface area contributed by atoms with Gasteiger partial charge < -0.3 is 4.90 Å². The maximum Gasteiger partial charge on any atom is 0.188 e. The fraction of sp³-hybridized carbons (Fsp3) is 0.429. The molecule has 0 aromatic carbocycles. The lowest BCUT2D eigenvalue weighted by molar-refractivity contribution is 0.104. The summed E-state index contributed by atoms with van der Waals surface area (Å²) in [7, 11) is 1.98. The van der Waals surface area contributed by atoms with Crippen molar-refractivity contribution in [1.29, 1.82) is 0 Å². The van der Waals surface area contributed by atoms with Crippen molar-refractivity contribution >= 4 is 5.78 Å². The molecule has 1 aromatic heterocycles. The molecule has 0 aliphatic carbocycles. The summed E-state index contributed by atoms with van der Waals surface area (Å²) in [5.41, 5.74) is 0.626. The predicted molar refractivity (Wildman–Crippen MR) is 69.8 cm³/mol. The van der Waals surface area contributed by atoms with Crippen molar-refractivity contribution in [2.45, 2.75) is 20.3 Å². The van der Waals surface area contributed by atoms with Crippen molar-refractivity contribution in [2.75, 3.05) is 13.6 Å². The van der Waals surface area contributed by atoms with Crippen LogP contribution in [0.25, 0.3) is 0 Å². The van der Waals surface area contributed by atoms with Crippen LogP contribution in [0.3, 0.4) is 0 Å². The molecule has 1 heterocycles. The Balaban J connectivity index is 2.45. The minimum atomic E-state index is -0.00510. The van der Waals surface area contributed by atoms with Gasteiger partial charge in [-0.25, -0.2) is 0 Å². The van der Waals surface area contributed by atoms with Gasteiger partial charge in [-0.15, -0.1) is 0 Å². The number of carbonyl (C=O) groups excluding carboxylic acids is 1. The highest BCUT2D eigenvalue weighted by atomic mass is 16.1. The number of nitrogens with zero attached hydrogens (tertiary/aromatic N) is 2. The average molecular weight is 232 g/mol. The van der Waals surface area contributed by atoms with Crippen LogP contribution in [-0.4, -0.2) is 29.3 Å². The number of aromatic nitrogens is 1. The van der Waals surface area contributed by atoms with E-state index in [1.54, 1.807) is 30.6 Å². The Morgan fingerprint density at radius 1 is 1.53 bits per heavy atom. The van der Waals surface area contributed by atoms with Crippen molar-refractivity contribution in [1.82, 2.24) is 9.88 Å². The van der Waals surface area contributed by atoms with Crippen molar-refractivity contribution in [3.63, 3.8) is 0 Å². The van der Waals surface area contributed by atoms with E-state index >= 15 is 0 Å². The van der Waals surface area contributed by atoms with Crippen LogP contribution in [0.15, 0.2) is 36.8 Å². The van der Waals surface area contributed by atoms with Gasteiger partial charge in [0.2, 0.25) is 0 Å². The van der Waals surface area contributed by atoms with Crippen LogP contribution in [0.2, 0.25) is 0 Å². The maximum atomic E-state index is 11.7. The monoisotopic (exact) mass is 232 g/mol. The molecule has 0 spiro atoms. The van der Waals surface area contributed by atoms with E-state index in [2.05, 4.69) is 18.8 Å². The summed E-state index contributed by atoms with van der Waals surface area (Å²) in [5, 5.41) is 0. The molecule has 1 rings (SSSR count). The van der Waals surface area contributed by atoms with Crippen molar-refractivity contribution < 1.29 is 4.79 Å². The maximum absolute atomic E-state index is 11.7. The molecular weight excluding hydrogens is 212 g/mol. The Labute approximate surface area is 103 Å². The fourth-order valence-corrected chi connectivity index (χ4v) is 1.34. The molecule has 92 valence electrons. The van der Waals surface area contributed by atoms with Gasteiger partial charge in [-0.3, -0.25) is 9.78 Å². The largest absolute Gasteiger partial charge is 0.380 e. The molecule has 0 radical (unpaired) electrons. The van der Waals surface area contributed by atoms with E-state index in [4.69, 9.17) is 0 Å². The lowest BCUT2D eigenvalue weighted by Crippen LogP contribution is -2.14. The van der Waals surface area contributed by atoms with Gasteiger partial charge in [-0.05, 0) is 24.5 Å². The van der Waals surface area contributed by atoms with E-state index in [0.29, 0.717) is 11.5 Å². The minimum absolute atomic E-state index is 0.00510. The first-order chi connectivity index (χ1) is 8.09. The molecule has 3 heteroatoms. The van der Waals surface area contributed by atoms with Crippen LogP contribution in [0.4, 0.5) is 0 Å². The van der Waals surface area contributed by atoms with E-state index in [1.165, 1.54) is 0 Å². The molecular formula is C14H20N2O.